The van der Waals surface area contributed by atoms with Crippen LogP contribution in [0.15, 0.2) is 42.5 Å². The number of anilines is 1. The van der Waals surface area contributed by atoms with E-state index in [2.05, 4.69) is 5.32 Å². The van der Waals surface area contributed by atoms with Crippen LogP contribution in [0.3, 0.4) is 0 Å². The van der Waals surface area contributed by atoms with E-state index in [1.54, 1.807) is 0 Å². The summed E-state index contributed by atoms with van der Waals surface area (Å²) in [7, 11) is 0. The Bertz CT molecular complexity index is 737. The molecule has 1 aliphatic rings. The average molecular weight is 311 g/mol. The Hall–Kier alpha value is -2.49. The van der Waals surface area contributed by atoms with E-state index in [0.717, 1.165) is 29.0 Å². The third-order valence-electron chi connectivity index (χ3n) is 3.72. The summed E-state index contributed by atoms with van der Waals surface area (Å²) in [6.07, 6.45) is 0.842. The minimum Gasteiger partial charge on any atom is -0.483 e. The zero-order valence-corrected chi connectivity index (χ0v) is 13.7. The Morgan fingerprint density at radius 3 is 2.83 bits per heavy atom. The lowest BCUT2D eigenvalue weighted by Crippen LogP contribution is -2.25. The standard InChI is InChI=1S/C19H21NO3/c1-13-6-4-8-15(10-13)20-17(21)12-22-16-9-5-7-14-11-19(2,3)23-18(14)16/h4-10H,11-12H2,1-3H3,(H,20,21). The highest BCUT2D eigenvalue weighted by Gasteiger charge is 2.32. The summed E-state index contributed by atoms with van der Waals surface area (Å²) in [5.41, 5.74) is 2.76. The first-order chi connectivity index (χ1) is 10.9. The molecule has 1 amide bonds. The molecule has 23 heavy (non-hydrogen) atoms. The molecule has 0 fully saturated rings. The van der Waals surface area contributed by atoms with Gasteiger partial charge in [-0.2, -0.15) is 0 Å². The number of aryl methyl sites for hydroxylation is 1. The Morgan fingerprint density at radius 2 is 2.04 bits per heavy atom. The van der Waals surface area contributed by atoms with Crippen LogP contribution in [-0.2, 0) is 11.2 Å². The first-order valence-electron chi connectivity index (χ1n) is 7.73. The molecule has 0 radical (unpaired) electrons. The molecule has 4 nitrogen and oxygen atoms in total. The van der Waals surface area contributed by atoms with Gasteiger partial charge in [-0.15, -0.1) is 0 Å². The molecule has 1 heterocycles. The molecular weight excluding hydrogens is 290 g/mol. The highest BCUT2D eigenvalue weighted by Crippen LogP contribution is 2.41. The molecule has 0 aliphatic carbocycles. The van der Waals surface area contributed by atoms with Crippen molar-refractivity contribution in [2.45, 2.75) is 32.8 Å². The largest absolute Gasteiger partial charge is 0.483 e. The van der Waals surface area contributed by atoms with Crippen LogP contribution in [-0.4, -0.2) is 18.1 Å². The molecule has 2 aromatic rings. The van der Waals surface area contributed by atoms with Crippen LogP contribution in [0.25, 0.3) is 0 Å². The molecule has 1 N–H and O–H groups in total. The fourth-order valence-electron chi connectivity index (χ4n) is 2.76. The van der Waals surface area contributed by atoms with Gasteiger partial charge in [-0.3, -0.25) is 4.79 Å². The zero-order chi connectivity index (χ0) is 16.4. The fraction of sp³-hybridized carbons (Fsp3) is 0.316. The summed E-state index contributed by atoms with van der Waals surface area (Å²) in [5.74, 6) is 1.18. The minimum atomic E-state index is -0.231. The topological polar surface area (TPSA) is 47.6 Å². The van der Waals surface area contributed by atoms with Gasteiger partial charge in [0.05, 0.1) is 0 Å². The second kappa shape index (κ2) is 5.95. The van der Waals surface area contributed by atoms with Crippen molar-refractivity contribution in [1.29, 1.82) is 0 Å². The van der Waals surface area contributed by atoms with Gasteiger partial charge in [-0.05, 0) is 44.5 Å². The number of benzene rings is 2. The van der Waals surface area contributed by atoms with Crippen LogP contribution >= 0.6 is 0 Å². The van der Waals surface area contributed by atoms with Crippen molar-refractivity contribution in [2.24, 2.45) is 0 Å². The molecule has 0 spiro atoms. The third-order valence-corrected chi connectivity index (χ3v) is 3.72. The van der Waals surface area contributed by atoms with Gasteiger partial charge in [0.1, 0.15) is 5.60 Å². The summed E-state index contributed by atoms with van der Waals surface area (Å²) >= 11 is 0. The number of hydrogen-bond acceptors (Lipinski definition) is 3. The van der Waals surface area contributed by atoms with Crippen molar-refractivity contribution in [3.05, 3.63) is 53.6 Å². The lowest BCUT2D eigenvalue weighted by Gasteiger charge is -2.18. The molecule has 3 rings (SSSR count). The molecule has 120 valence electrons. The zero-order valence-electron chi connectivity index (χ0n) is 13.7. The number of hydrogen-bond donors (Lipinski definition) is 1. The van der Waals surface area contributed by atoms with Gasteiger partial charge >= 0.3 is 0 Å². The van der Waals surface area contributed by atoms with Crippen LogP contribution < -0.4 is 14.8 Å². The lowest BCUT2D eigenvalue weighted by molar-refractivity contribution is -0.118. The summed E-state index contributed by atoms with van der Waals surface area (Å²) in [4.78, 5) is 12.0. The number of amides is 1. The number of rotatable bonds is 4. The van der Waals surface area contributed by atoms with Crippen LogP contribution in [0, 0.1) is 6.92 Å². The fourth-order valence-corrected chi connectivity index (χ4v) is 2.76. The molecular formula is C19H21NO3. The summed E-state index contributed by atoms with van der Waals surface area (Å²) < 4.78 is 11.6. The van der Waals surface area contributed by atoms with Gasteiger partial charge < -0.3 is 14.8 Å². The van der Waals surface area contributed by atoms with Gasteiger partial charge in [0.15, 0.2) is 18.1 Å². The van der Waals surface area contributed by atoms with Gasteiger partial charge in [-0.25, -0.2) is 0 Å². The van der Waals surface area contributed by atoms with Crippen molar-refractivity contribution >= 4 is 11.6 Å². The highest BCUT2D eigenvalue weighted by atomic mass is 16.5. The van der Waals surface area contributed by atoms with Crippen molar-refractivity contribution in [3.8, 4) is 11.5 Å². The van der Waals surface area contributed by atoms with E-state index < -0.39 is 0 Å². The second-order valence-electron chi connectivity index (χ2n) is 6.49. The lowest BCUT2D eigenvalue weighted by atomic mass is 10.0. The van der Waals surface area contributed by atoms with Crippen LogP contribution in [0.1, 0.15) is 25.0 Å². The van der Waals surface area contributed by atoms with Crippen LogP contribution in [0.5, 0.6) is 11.5 Å². The maximum Gasteiger partial charge on any atom is 0.262 e. The second-order valence-corrected chi connectivity index (χ2v) is 6.49. The third kappa shape index (κ3) is 3.65. The van der Waals surface area contributed by atoms with E-state index in [-0.39, 0.29) is 18.1 Å². The van der Waals surface area contributed by atoms with Gasteiger partial charge in [0.25, 0.3) is 5.91 Å². The van der Waals surface area contributed by atoms with Gasteiger partial charge in [0, 0.05) is 17.7 Å². The molecule has 0 bridgehead atoms. The minimum absolute atomic E-state index is 0.0474. The number of nitrogens with one attached hydrogen (secondary N) is 1. The SMILES string of the molecule is Cc1cccc(NC(=O)COc2cccc3c2OC(C)(C)C3)c1. The Labute approximate surface area is 136 Å². The van der Waals surface area contributed by atoms with Crippen molar-refractivity contribution in [1.82, 2.24) is 0 Å². The van der Waals surface area contributed by atoms with Crippen molar-refractivity contribution in [3.63, 3.8) is 0 Å². The van der Waals surface area contributed by atoms with Gasteiger partial charge in [-0.1, -0.05) is 24.3 Å². The van der Waals surface area contributed by atoms with Crippen LogP contribution in [0.4, 0.5) is 5.69 Å². The van der Waals surface area contributed by atoms with E-state index in [1.165, 1.54) is 0 Å². The molecule has 0 aromatic heterocycles. The van der Waals surface area contributed by atoms with E-state index in [9.17, 15) is 4.79 Å². The molecule has 2 aromatic carbocycles. The highest BCUT2D eigenvalue weighted by molar-refractivity contribution is 5.92. The van der Waals surface area contributed by atoms with E-state index in [4.69, 9.17) is 9.47 Å². The number of fused-ring (bicyclic) bond motifs is 1. The molecule has 4 heteroatoms. The van der Waals surface area contributed by atoms with Crippen LogP contribution in [0.2, 0.25) is 0 Å². The smallest absolute Gasteiger partial charge is 0.262 e. The Kier molecular flexibility index (Phi) is 3.99. The van der Waals surface area contributed by atoms with E-state index in [0.29, 0.717) is 5.75 Å². The molecule has 0 saturated carbocycles. The summed E-state index contributed by atoms with van der Waals surface area (Å²) in [6.45, 7) is 6.02. The molecule has 1 aliphatic heterocycles. The normalized spacial score (nSPS) is 14.7. The first kappa shape index (κ1) is 15.4. The van der Waals surface area contributed by atoms with Gasteiger partial charge in [0.2, 0.25) is 0 Å². The maximum absolute atomic E-state index is 12.0. The Morgan fingerprint density at radius 1 is 1.26 bits per heavy atom. The predicted molar refractivity (Wildman–Crippen MR) is 90.2 cm³/mol. The van der Waals surface area contributed by atoms with Crippen molar-refractivity contribution < 1.29 is 14.3 Å². The van der Waals surface area contributed by atoms with Crippen molar-refractivity contribution in [2.75, 3.05) is 11.9 Å². The average Bonchev–Trinajstić information content (AvgIpc) is 2.79. The predicted octanol–water partition coefficient (Wildman–Crippen LogP) is 3.73. The number of para-hydroxylation sites is 1. The number of ether oxygens (including phenoxy) is 2. The van der Waals surface area contributed by atoms with E-state index in [1.807, 2.05) is 63.2 Å². The number of carbonyl (C=O) groups is 1. The number of carbonyl (C=O) groups excluding carboxylic acids is 1. The summed E-state index contributed by atoms with van der Waals surface area (Å²) in [6, 6.07) is 13.5. The summed E-state index contributed by atoms with van der Waals surface area (Å²) in [5, 5.41) is 2.83. The monoisotopic (exact) mass is 311 g/mol. The molecule has 0 unspecified atom stereocenters. The maximum atomic E-state index is 12.0. The quantitative estimate of drug-likeness (QED) is 0.936. The molecule has 0 saturated heterocycles. The molecule has 0 atom stereocenters. The van der Waals surface area contributed by atoms with E-state index >= 15 is 0 Å². The first-order valence-corrected chi connectivity index (χ1v) is 7.73. The Balaban J connectivity index is 1.63.